The van der Waals surface area contributed by atoms with Crippen molar-refractivity contribution in [3.63, 3.8) is 0 Å². The van der Waals surface area contributed by atoms with Crippen LogP contribution < -0.4 is 9.46 Å². The maximum absolute atomic E-state index is 12.7. The zero-order valence-corrected chi connectivity index (χ0v) is 16.8. The van der Waals surface area contributed by atoms with Gasteiger partial charge in [0.1, 0.15) is 10.6 Å². The van der Waals surface area contributed by atoms with Crippen LogP contribution >= 0.6 is 0 Å². The topological polar surface area (TPSA) is 75.7 Å². The van der Waals surface area contributed by atoms with Crippen LogP contribution in [0.1, 0.15) is 51.0 Å². The first-order valence-corrected chi connectivity index (χ1v) is 10.7. The molecule has 1 aromatic carbocycles. The molecule has 1 aliphatic carbocycles. The van der Waals surface area contributed by atoms with Gasteiger partial charge in [0.05, 0.1) is 7.11 Å². The summed E-state index contributed by atoms with van der Waals surface area (Å²) in [6, 6.07) is 5.27. The van der Waals surface area contributed by atoms with Crippen molar-refractivity contribution in [3.05, 3.63) is 23.8 Å². The highest BCUT2D eigenvalue weighted by Gasteiger charge is 2.24. The summed E-state index contributed by atoms with van der Waals surface area (Å²) >= 11 is 0. The Kier molecular flexibility index (Phi) is 7.46. The molecule has 0 radical (unpaired) electrons. The maximum Gasteiger partial charge on any atom is 0.244 e. The highest BCUT2D eigenvalue weighted by molar-refractivity contribution is 7.89. The molecule has 0 atom stereocenters. The standard InChI is InChI=1S/C19H30N2O4S/c1-15-10-11-18(25-3)19(14-15)26(23,24)20-12-13-21(16(2)22)17-8-6-4-5-7-9-17/h10-11,14,17,20H,4-9,12-13H2,1-3H3. The number of carbonyl (C=O) groups is 1. The number of hydrogen-bond acceptors (Lipinski definition) is 4. The fourth-order valence-corrected chi connectivity index (χ4v) is 4.81. The number of sulfonamides is 1. The average molecular weight is 383 g/mol. The van der Waals surface area contributed by atoms with E-state index in [1.54, 1.807) is 25.1 Å². The number of nitrogens with one attached hydrogen (secondary N) is 1. The highest BCUT2D eigenvalue weighted by Crippen LogP contribution is 2.25. The van der Waals surface area contributed by atoms with E-state index >= 15 is 0 Å². The van der Waals surface area contributed by atoms with Crippen molar-refractivity contribution in [2.24, 2.45) is 0 Å². The third-order valence-corrected chi connectivity index (χ3v) is 6.41. The van der Waals surface area contributed by atoms with E-state index in [1.165, 1.54) is 20.0 Å². The molecule has 146 valence electrons. The molecule has 1 aliphatic rings. The van der Waals surface area contributed by atoms with E-state index in [4.69, 9.17) is 4.74 Å². The molecule has 1 aromatic rings. The van der Waals surface area contributed by atoms with Crippen molar-refractivity contribution in [1.29, 1.82) is 0 Å². The average Bonchev–Trinajstić information content (AvgIpc) is 2.87. The molecule has 2 rings (SSSR count). The van der Waals surface area contributed by atoms with E-state index in [1.807, 2.05) is 11.8 Å². The van der Waals surface area contributed by atoms with E-state index in [2.05, 4.69) is 4.72 Å². The van der Waals surface area contributed by atoms with Crippen molar-refractivity contribution >= 4 is 15.9 Å². The van der Waals surface area contributed by atoms with Crippen LogP contribution in [0.3, 0.4) is 0 Å². The minimum absolute atomic E-state index is 0.00392. The molecule has 7 heteroatoms. The van der Waals surface area contributed by atoms with Crippen molar-refractivity contribution in [2.45, 2.75) is 63.3 Å². The van der Waals surface area contributed by atoms with Crippen molar-refractivity contribution in [2.75, 3.05) is 20.2 Å². The minimum Gasteiger partial charge on any atom is -0.495 e. The molecule has 0 aliphatic heterocycles. The molecule has 1 N–H and O–H groups in total. The monoisotopic (exact) mass is 382 g/mol. The van der Waals surface area contributed by atoms with Crippen LogP contribution in [0.25, 0.3) is 0 Å². The summed E-state index contributed by atoms with van der Waals surface area (Å²) in [4.78, 5) is 14.0. The number of amides is 1. The second-order valence-corrected chi connectivity index (χ2v) is 8.65. The lowest BCUT2D eigenvalue weighted by molar-refractivity contribution is -0.131. The third-order valence-electron chi connectivity index (χ3n) is 4.92. The number of carbonyl (C=O) groups excluding carboxylic acids is 1. The molecule has 0 bridgehead atoms. The van der Waals surface area contributed by atoms with Crippen LogP contribution in [0.4, 0.5) is 0 Å². The Balaban J connectivity index is 2.04. The van der Waals surface area contributed by atoms with Crippen LogP contribution in [0, 0.1) is 6.92 Å². The lowest BCUT2D eigenvalue weighted by Gasteiger charge is -2.30. The number of nitrogens with zero attached hydrogens (tertiary/aromatic N) is 1. The van der Waals surface area contributed by atoms with Gasteiger partial charge in [-0.15, -0.1) is 0 Å². The smallest absolute Gasteiger partial charge is 0.244 e. The summed E-state index contributed by atoms with van der Waals surface area (Å²) in [5.41, 5.74) is 0.843. The third kappa shape index (κ3) is 5.45. The fourth-order valence-electron chi connectivity index (χ4n) is 3.54. The van der Waals surface area contributed by atoms with Gasteiger partial charge in [0, 0.05) is 26.1 Å². The predicted octanol–water partition coefficient (Wildman–Crippen LogP) is 2.85. The Morgan fingerprint density at radius 2 is 1.88 bits per heavy atom. The van der Waals surface area contributed by atoms with Gasteiger partial charge in [-0.2, -0.15) is 0 Å². The summed E-state index contributed by atoms with van der Waals surface area (Å²) in [6.07, 6.45) is 6.67. The lowest BCUT2D eigenvalue weighted by Crippen LogP contribution is -2.43. The van der Waals surface area contributed by atoms with Crippen LogP contribution in [0.2, 0.25) is 0 Å². The molecular weight excluding hydrogens is 352 g/mol. The Bertz CT molecular complexity index is 710. The molecule has 26 heavy (non-hydrogen) atoms. The molecule has 1 saturated carbocycles. The molecule has 6 nitrogen and oxygen atoms in total. The van der Waals surface area contributed by atoms with Crippen molar-refractivity contribution in [1.82, 2.24) is 9.62 Å². The molecule has 0 saturated heterocycles. The number of benzene rings is 1. The Morgan fingerprint density at radius 3 is 2.46 bits per heavy atom. The number of ether oxygens (including phenoxy) is 1. The lowest BCUT2D eigenvalue weighted by atomic mass is 10.1. The molecule has 1 amide bonds. The zero-order chi connectivity index (χ0) is 19.2. The van der Waals surface area contributed by atoms with Gasteiger partial charge in [0.25, 0.3) is 0 Å². The molecule has 0 aromatic heterocycles. The molecule has 1 fully saturated rings. The van der Waals surface area contributed by atoms with Gasteiger partial charge < -0.3 is 9.64 Å². The normalized spacial score (nSPS) is 16.1. The first-order valence-electron chi connectivity index (χ1n) is 9.26. The van der Waals surface area contributed by atoms with Crippen LogP contribution in [0.15, 0.2) is 23.1 Å². The fraction of sp³-hybridized carbons (Fsp3) is 0.632. The number of hydrogen-bond donors (Lipinski definition) is 1. The van der Waals surface area contributed by atoms with Gasteiger partial charge >= 0.3 is 0 Å². The van der Waals surface area contributed by atoms with Gasteiger partial charge in [-0.25, -0.2) is 13.1 Å². The Hall–Kier alpha value is -1.60. The van der Waals surface area contributed by atoms with Crippen LogP contribution in [-0.2, 0) is 14.8 Å². The summed E-state index contributed by atoms with van der Waals surface area (Å²) in [6.45, 7) is 3.97. The summed E-state index contributed by atoms with van der Waals surface area (Å²) in [5, 5.41) is 0. The van der Waals surface area contributed by atoms with Gasteiger partial charge in [0.2, 0.25) is 15.9 Å². The van der Waals surface area contributed by atoms with E-state index in [-0.39, 0.29) is 23.4 Å². The maximum atomic E-state index is 12.7. The second-order valence-electron chi connectivity index (χ2n) is 6.91. The number of rotatable bonds is 7. The number of aryl methyl sites for hydroxylation is 1. The molecule has 0 spiro atoms. The van der Waals surface area contributed by atoms with Gasteiger partial charge in [0.15, 0.2) is 0 Å². The second kappa shape index (κ2) is 9.37. The van der Waals surface area contributed by atoms with E-state index in [0.29, 0.717) is 12.3 Å². The highest BCUT2D eigenvalue weighted by atomic mass is 32.2. The zero-order valence-electron chi connectivity index (χ0n) is 16.0. The van der Waals surface area contributed by atoms with Crippen molar-refractivity contribution < 1.29 is 17.9 Å². The van der Waals surface area contributed by atoms with E-state index < -0.39 is 10.0 Å². The SMILES string of the molecule is COc1ccc(C)cc1S(=O)(=O)NCCN(C(C)=O)C1CCCCCC1. The minimum atomic E-state index is -3.70. The quantitative estimate of drug-likeness (QED) is 0.736. The summed E-state index contributed by atoms with van der Waals surface area (Å²) < 4.78 is 33.1. The molecular formula is C19H30N2O4S. The summed E-state index contributed by atoms with van der Waals surface area (Å²) in [7, 11) is -2.25. The first kappa shape index (κ1) is 20.7. The summed E-state index contributed by atoms with van der Waals surface area (Å²) in [5.74, 6) is 0.319. The molecule has 0 unspecified atom stereocenters. The van der Waals surface area contributed by atoms with Gasteiger partial charge in [-0.3, -0.25) is 4.79 Å². The van der Waals surface area contributed by atoms with E-state index in [9.17, 15) is 13.2 Å². The largest absolute Gasteiger partial charge is 0.495 e. The molecule has 0 heterocycles. The Morgan fingerprint density at radius 1 is 1.23 bits per heavy atom. The van der Waals surface area contributed by atoms with Gasteiger partial charge in [-0.05, 0) is 37.5 Å². The van der Waals surface area contributed by atoms with Crippen LogP contribution in [0.5, 0.6) is 5.75 Å². The van der Waals surface area contributed by atoms with Crippen molar-refractivity contribution in [3.8, 4) is 5.75 Å². The van der Waals surface area contributed by atoms with Crippen LogP contribution in [-0.4, -0.2) is 45.5 Å². The van der Waals surface area contributed by atoms with Gasteiger partial charge in [-0.1, -0.05) is 31.7 Å². The number of methoxy groups -OCH3 is 1. The Labute approximate surface area is 157 Å². The van der Waals surface area contributed by atoms with E-state index in [0.717, 1.165) is 31.2 Å². The predicted molar refractivity (Wildman–Crippen MR) is 102 cm³/mol. The first-order chi connectivity index (χ1) is 12.3.